The van der Waals surface area contributed by atoms with Crippen molar-refractivity contribution in [1.29, 1.82) is 0 Å². The van der Waals surface area contributed by atoms with E-state index < -0.39 is 5.41 Å². The minimum Gasteiger partial charge on any atom is -0.311 e. The number of hydrogen-bond donors (Lipinski definition) is 0. The van der Waals surface area contributed by atoms with E-state index in [0.717, 1.165) is 17.1 Å². The zero-order valence-electron chi connectivity index (χ0n) is 33.1. The number of fused-ring (bicyclic) bond motifs is 4. The summed E-state index contributed by atoms with van der Waals surface area (Å²) in [7, 11) is 0. The standard InChI is InChI=1S/C59H41N/c1-4-15-42(16-5-1)43-29-36-51(37-30-43)60(50-21-8-3-9-22-50)52-38-31-44(32-39-52)47-33-40-58-56(41-47)55-24-12-13-26-57(55)59(58,48-19-6-2-7-20-48)49-34-27-46(28-35-49)54-25-14-18-45-17-10-11-23-53(45)54/h1-41H. The summed E-state index contributed by atoms with van der Waals surface area (Å²) in [5.74, 6) is 0. The van der Waals surface area contributed by atoms with Crippen LogP contribution in [0.15, 0.2) is 249 Å². The maximum Gasteiger partial charge on any atom is 0.0713 e. The molecule has 0 amide bonds. The second kappa shape index (κ2) is 14.9. The first-order valence-corrected chi connectivity index (χ1v) is 20.8. The van der Waals surface area contributed by atoms with Crippen LogP contribution in [0.4, 0.5) is 17.1 Å². The van der Waals surface area contributed by atoms with Gasteiger partial charge in [0.15, 0.2) is 0 Å². The molecule has 0 saturated carbocycles. The molecule has 1 unspecified atom stereocenters. The van der Waals surface area contributed by atoms with E-state index in [4.69, 9.17) is 0 Å². The van der Waals surface area contributed by atoms with Crippen molar-refractivity contribution in [1.82, 2.24) is 0 Å². The minimum absolute atomic E-state index is 0.473. The van der Waals surface area contributed by atoms with Crippen LogP contribution >= 0.6 is 0 Å². The van der Waals surface area contributed by atoms with E-state index in [9.17, 15) is 0 Å². The lowest BCUT2D eigenvalue weighted by molar-refractivity contribution is 0.768. The Balaban J connectivity index is 0.992. The van der Waals surface area contributed by atoms with Gasteiger partial charge in [0.25, 0.3) is 0 Å². The van der Waals surface area contributed by atoms with Crippen LogP contribution in [-0.4, -0.2) is 0 Å². The summed E-state index contributed by atoms with van der Waals surface area (Å²) in [6, 6.07) is 90.9. The zero-order valence-corrected chi connectivity index (χ0v) is 33.1. The molecule has 60 heavy (non-hydrogen) atoms. The molecule has 0 aromatic heterocycles. The van der Waals surface area contributed by atoms with Crippen molar-refractivity contribution in [2.45, 2.75) is 5.41 Å². The quantitative estimate of drug-likeness (QED) is 0.149. The summed E-state index contributed by atoms with van der Waals surface area (Å²) in [5, 5.41) is 2.53. The fourth-order valence-electron chi connectivity index (χ4n) is 9.58. The summed E-state index contributed by atoms with van der Waals surface area (Å²) in [6.07, 6.45) is 0. The van der Waals surface area contributed by atoms with Crippen LogP contribution in [0, 0.1) is 0 Å². The smallest absolute Gasteiger partial charge is 0.0713 e. The van der Waals surface area contributed by atoms with Crippen molar-refractivity contribution in [2.24, 2.45) is 0 Å². The van der Waals surface area contributed by atoms with Crippen LogP contribution in [0.1, 0.15) is 22.3 Å². The number of benzene rings is 10. The molecule has 1 heteroatoms. The highest BCUT2D eigenvalue weighted by Gasteiger charge is 2.46. The molecule has 1 nitrogen and oxygen atoms in total. The molecule has 1 aliphatic rings. The number of anilines is 3. The predicted octanol–water partition coefficient (Wildman–Crippen LogP) is 15.7. The molecular formula is C59H41N. The SMILES string of the molecule is c1ccc(-c2ccc(N(c3ccccc3)c3ccc(-c4ccc5c(c4)-c4ccccc4C5(c4ccccc4)c4ccc(-c5cccc6ccccc56)cc4)cc3)cc2)cc1. The Kier molecular flexibility index (Phi) is 8.79. The lowest BCUT2D eigenvalue weighted by atomic mass is 9.67. The van der Waals surface area contributed by atoms with Crippen LogP contribution in [0.3, 0.4) is 0 Å². The van der Waals surface area contributed by atoms with E-state index in [1.807, 2.05) is 0 Å². The van der Waals surface area contributed by atoms with E-state index in [-0.39, 0.29) is 0 Å². The van der Waals surface area contributed by atoms with Gasteiger partial charge in [-0.25, -0.2) is 0 Å². The van der Waals surface area contributed by atoms with Crippen molar-refractivity contribution < 1.29 is 0 Å². The number of rotatable bonds is 8. The van der Waals surface area contributed by atoms with E-state index in [1.54, 1.807) is 0 Å². The van der Waals surface area contributed by atoms with Crippen molar-refractivity contribution in [3.63, 3.8) is 0 Å². The molecule has 0 saturated heterocycles. The molecule has 0 radical (unpaired) electrons. The Labute approximate surface area is 352 Å². The third-order valence-corrected chi connectivity index (χ3v) is 12.4. The molecule has 0 heterocycles. The average molecular weight is 764 g/mol. The van der Waals surface area contributed by atoms with E-state index in [1.165, 1.54) is 77.5 Å². The highest BCUT2D eigenvalue weighted by molar-refractivity contribution is 5.97. The second-order valence-electron chi connectivity index (χ2n) is 15.7. The Bertz CT molecular complexity index is 3090. The van der Waals surface area contributed by atoms with Gasteiger partial charge in [0.2, 0.25) is 0 Å². The van der Waals surface area contributed by atoms with Gasteiger partial charge >= 0.3 is 0 Å². The van der Waals surface area contributed by atoms with Gasteiger partial charge in [-0.05, 0) is 120 Å². The highest BCUT2D eigenvalue weighted by Crippen LogP contribution is 2.57. The molecule has 282 valence electrons. The molecule has 11 rings (SSSR count). The van der Waals surface area contributed by atoms with Gasteiger partial charge in [-0.2, -0.15) is 0 Å². The maximum atomic E-state index is 2.41. The summed E-state index contributed by atoms with van der Waals surface area (Å²) in [6.45, 7) is 0. The van der Waals surface area contributed by atoms with Gasteiger partial charge in [0.1, 0.15) is 0 Å². The minimum atomic E-state index is -0.473. The number of hydrogen-bond acceptors (Lipinski definition) is 1. The molecule has 0 spiro atoms. The van der Waals surface area contributed by atoms with Crippen LogP contribution in [0.25, 0.3) is 55.3 Å². The zero-order chi connectivity index (χ0) is 39.9. The topological polar surface area (TPSA) is 3.24 Å². The molecule has 0 bridgehead atoms. The van der Waals surface area contributed by atoms with E-state index in [0.29, 0.717) is 0 Å². The van der Waals surface area contributed by atoms with Gasteiger partial charge in [0.05, 0.1) is 5.41 Å². The van der Waals surface area contributed by atoms with Crippen molar-refractivity contribution in [3.05, 3.63) is 271 Å². The summed E-state index contributed by atoms with van der Waals surface area (Å²) in [5.41, 5.74) is 17.9. The first-order valence-electron chi connectivity index (χ1n) is 20.8. The maximum absolute atomic E-state index is 2.41. The van der Waals surface area contributed by atoms with Gasteiger partial charge in [-0.3, -0.25) is 0 Å². The molecule has 10 aromatic carbocycles. The first-order chi connectivity index (χ1) is 29.8. The number of para-hydroxylation sites is 1. The monoisotopic (exact) mass is 763 g/mol. The Morgan fingerprint density at radius 1 is 0.267 bits per heavy atom. The lowest BCUT2D eigenvalue weighted by Gasteiger charge is -2.34. The second-order valence-corrected chi connectivity index (χ2v) is 15.7. The molecule has 1 atom stereocenters. The van der Waals surface area contributed by atoms with Crippen molar-refractivity contribution >= 4 is 27.8 Å². The average Bonchev–Trinajstić information content (AvgIpc) is 3.63. The normalized spacial score (nSPS) is 14.1. The Morgan fingerprint density at radius 3 is 1.45 bits per heavy atom. The third-order valence-electron chi connectivity index (χ3n) is 12.4. The largest absolute Gasteiger partial charge is 0.311 e. The molecule has 0 fully saturated rings. The lowest BCUT2D eigenvalue weighted by Crippen LogP contribution is -2.28. The molecule has 1 aliphatic carbocycles. The van der Waals surface area contributed by atoms with Crippen LogP contribution in [0.5, 0.6) is 0 Å². The first kappa shape index (κ1) is 35.4. The Hall–Kier alpha value is -7.74. The molecule has 0 aliphatic heterocycles. The van der Waals surface area contributed by atoms with Crippen LogP contribution in [0.2, 0.25) is 0 Å². The van der Waals surface area contributed by atoms with Gasteiger partial charge in [-0.15, -0.1) is 0 Å². The van der Waals surface area contributed by atoms with E-state index in [2.05, 4.69) is 254 Å². The van der Waals surface area contributed by atoms with Crippen molar-refractivity contribution in [2.75, 3.05) is 4.90 Å². The number of nitrogens with zero attached hydrogens (tertiary/aromatic N) is 1. The molecule has 0 N–H and O–H groups in total. The highest BCUT2D eigenvalue weighted by atomic mass is 15.1. The molecule has 10 aromatic rings. The van der Waals surface area contributed by atoms with Gasteiger partial charge in [0, 0.05) is 17.1 Å². The van der Waals surface area contributed by atoms with Crippen molar-refractivity contribution in [3.8, 4) is 44.5 Å². The van der Waals surface area contributed by atoms with Gasteiger partial charge in [-0.1, -0.05) is 206 Å². The third kappa shape index (κ3) is 5.94. The van der Waals surface area contributed by atoms with Gasteiger partial charge < -0.3 is 4.90 Å². The fourth-order valence-corrected chi connectivity index (χ4v) is 9.58. The summed E-state index contributed by atoms with van der Waals surface area (Å²) < 4.78 is 0. The van der Waals surface area contributed by atoms with Crippen LogP contribution < -0.4 is 4.90 Å². The summed E-state index contributed by atoms with van der Waals surface area (Å²) in [4.78, 5) is 2.33. The molecular weight excluding hydrogens is 723 g/mol. The fraction of sp³-hybridized carbons (Fsp3) is 0.0169. The van der Waals surface area contributed by atoms with E-state index >= 15 is 0 Å². The predicted molar refractivity (Wildman–Crippen MR) is 252 cm³/mol. The summed E-state index contributed by atoms with van der Waals surface area (Å²) >= 11 is 0. The Morgan fingerprint density at radius 2 is 0.733 bits per heavy atom. The van der Waals surface area contributed by atoms with Crippen LogP contribution in [-0.2, 0) is 5.41 Å².